The van der Waals surface area contributed by atoms with Crippen LogP contribution in [0, 0.1) is 0 Å². The second kappa shape index (κ2) is 3.52. The quantitative estimate of drug-likeness (QED) is 0.627. The Morgan fingerprint density at radius 1 is 1.08 bits per heavy atom. The van der Waals surface area contributed by atoms with Gasteiger partial charge in [0.15, 0.2) is 0 Å². The Balaban J connectivity index is 2.08. The Hall–Kier alpha value is -1.12. The maximum atomic E-state index is 3.87. The van der Waals surface area contributed by atoms with Gasteiger partial charge in [-0.1, -0.05) is 0 Å². The van der Waals surface area contributed by atoms with E-state index in [9.17, 15) is 0 Å². The van der Waals surface area contributed by atoms with Crippen LogP contribution in [-0.2, 0) is 0 Å². The second-order valence-corrected chi connectivity index (χ2v) is 3.15. The molecule has 1 aromatic rings. The van der Waals surface area contributed by atoms with Crippen molar-refractivity contribution >= 4 is 5.69 Å². The summed E-state index contributed by atoms with van der Waals surface area (Å²) in [6.45, 7) is 2.34. The standard InChI is InChI=1S/C9H13N3/c1-2-6-12(7-3-1)9-4-5-10-11-8-9/h4-5,8H,1-3,6-7H2. The molecule has 0 N–H and O–H groups in total. The molecule has 2 rings (SSSR count). The Morgan fingerprint density at radius 3 is 2.58 bits per heavy atom. The van der Waals surface area contributed by atoms with Crippen LogP contribution in [0.4, 0.5) is 5.69 Å². The highest BCUT2D eigenvalue weighted by Crippen LogP contribution is 2.17. The van der Waals surface area contributed by atoms with E-state index in [0.29, 0.717) is 0 Å². The zero-order valence-corrected chi connectivity index (χ0v) is 7.11. The molecule has 0 unspecified atom stereocenters. The molecule has 1 aliphatic heterocycles. The molecule has 1 aliphatic rings. The molecule has 0 spiro atoms. The van der Waals surface area contributed by atoms with Gasteiger partial charge in [-0.25, -0.2) is 0 Å². The van der Waals surface area contributed by atoms with Crippen LogP contribution in [0.25, 0.3) is 0 Å². The lowest BCUT2D eigenvalue weighted by Gasteiger charge is -2.27. The number of nitrogens with zero attached hydrogens (tertiary/aromatic N) is 3. The first-order valence-corrected chi connectivity index (χ1v) is 4.48. The van der Waals surface area contributed by atoms with Crippen LogP contribution in [0.2, 0.25) is 0 Å². The topological polar surface area (TPSA) is 29.0 Å². The predicted molar refractivity (Wildman–Crippen MR) is 48.1 cm³/mol. The van der Waals surface area contributed by atoms with Crippen LogP contribution < -0.4 is 4.90 Å². The Labute approximate surface area is 72.4 Å². The van der Waals surface area contributed by atoms with Crippen LogP contribution in [-0.4, -0.2) is 23.3 Å². The third kappa shape index (κ3) is 1.55. The molecule has 0 aliphatic carbocycles. The van der Waals surface area contributed by atoms with Crippen LogP contribution >= 0.6 is 0 Å². The van der Waals surface area contributed by atoms with Gasteiger partial charge >= 0.3 is 0 Å². The molecule has 0 bridgehead atoms. The Morgan fingerprint density at radius 2 is 1.92 bits per heavy atom. The summed E-state index contributed by atoms with van der Waals surface area (Å²) in [5, 5.41) is 7.63. The van der Waals surface area contributed by atoms with Gasteiger partial charge in [-0.2, -0.15) is 10.2 Å². The second-order valence-electron chi connectivity index (χ2n) is 3.15. The van der Waals surface area contributed by atoms with E-state index < -0.39 is 0 Å². The molecule has 1 aromatic heterocycles. The maximum Gasteiger partial charge on any atom is 0.0729 e. The predicted octanol–water partition coefficient (Wildman–Crippen LogP) is 1.47. The first-order chi connectivity index (χ1) is 5.97. The third-order valence-corrected chi connectivity index (χ3v) is 2.29. The third-order valence-electron chi connectivity index (χ3n) is 2.29. The zero-order valence-electron chi connectivity index (χ0n) is 7.11. The first kappa shape index (κ1) is 7.53. The highest BCUT2D eigenvalue weighted by atomic mass is 15.2. The molecule has 0 saturated carbocycles. The number of rotatable bonds is 1. The minimum atomic E-state index is 1.17. The van der Waals surface area contributed by atoms with Crippen LogP contribution in [0.15, 0.2) is 18.5 Å². The molecule has 1 fully saturated rings. The summed E-state index contributed by atoms with van der Waals surface area (Å²) < 4.78 is 0. The van der Waals surface area contributed by atoms with Crippen LogP contribution in [0.5, 0.6) is 0 Å². The molecule has 0 aromatic carbocycles. The van der Waals surface area contributed by atoms with E-state index >= 15 is 0 Å². The molecule has 3 nitrogen and oxygen atoms in total. The SMILES string of the molecule is c1cc(N2CCCCC2)cnn1. The van der Waals surface area contributed by atoms with E-state index in [1.165, 1.54) is 38.0 Å². The lowest BCUT2D eigenvalue weighted by atomic mass is 10.1. The monoisotopic (exact) mass is 163 g/mol. The Bertz CT molecular complexity index is 229. The molecule has 0 atom stereocenters. The zero-order chi connectivity index (χ0) is 8.23. The molecule has 0 amide bonds. The molecule has 64 valence electrons. The van der Waals surface area contributed by atoms with Gasteiger partial charge in [0.05, 0.1) is 18.1 Å². The van der Waals surface area contributed by atoms with Gasteiger partial charge in [-0.15, -0.1) is 0 Å². The average molecular weight is 163 g/mol. The van der Waals surface area contributed by atoms with Crippen molar-refractivity contribution in [3.63, 3.8) is 0 Å². The van der Waals surface area contributed by atoms with E-state index in [0.717, 1.165) is 0 Å². The average Bonchev–Trinajstić information content (AvgIpc) is 2.21. The fourth-order valence-corrected chi connectivity index (χ4v) is 1.62. The molecule has 12 heavy (non-hydrogen) atoms. The molecule has 0 radical (unpaired) electrons. The van der Waals surface area contributed by atoms with Gasteiger partial charge in [0, 0.05) is 13.1 Å². The largest absolute Gasteiger partial charge is 0.370 e. The van der Waals surface area contributed by atoms with Crippen molar-refractivity contribution in [2.45, 2.75) is 19.3 Å². The summed E-state index contributed by atoms with van der Waals surface area (Å²) in [6, 6.07) is 2.03. The smallest absolute Gasteiger partial charge is 0.0729 e. The minimum absolute atomic E-state index is 1.17. The summed E-state index contributed by atoms with van der Waals surface area (Å²) in [6.07, 6.45) is 7.58. The van der Waals surface area contributed by atoms with Gasteiger partial charge in [0.1, 0.15) is 0 Å². The van der Waals surface area contributed by atoms with E-state index in [4.69, 9.17) is 0 Å². The van der Waals surface area contributed by atoms with E-state index in [1.54, 1.807) is 6.20 Å². The molecule has 3 heteroatoms. The maximum absolute atomic E-state index is 3.87. The number of hydrogen-bond acceptors (Lipinski definition) is 3. The summed E-state index contributed by atoms with van der Waals surface area (Å²) >= 11 is 0. The van der Waals surface area contributed by atoms with Crippen molar-refractivity contribution in [1.29, 1.82) is 0 Å². The van der Waals surface area contributed by atoms with Gasteiger partial charge in [-0.3, -0.25) is 0 Å². The van der Waals surface area contributed by atoms with E-state index in [1.807, 2.05) is 12.3 Å². The van der Waals surface area contributed by atoms with Crippen molar-refractivity contribution < 1.29 is 0 Å². The lowest BCUT2D eigenvalue weighted by Crippen LogP contribution is -2.29. The van der Waals surface area contributed by atoms with Crippen LogP contribution in [0.1, 0.15) is 19.3 Å². The summed E-state index contributed by atoms with van der Waals surface area (Å²) in [4.78, 5) is 2.37. The number of aromatic nitrogens is 2. The van der Waals surface area contributed by atoms with Gasteiger partial charge in [-0.05, 0) is 25.3 Å². The summed E-state index contributed by atoms with van der Waals surface area (Å²) in [5.74, 6) is 0. The fraction of sp³-hybridized carbons (Fsp3) is 0.556. The van der Waals surface area contributed by atoms with Gasteiger partial charge < -0.3 is 4.90 Å². The van der Waals surface area contributed by atoms with E-state index in [2.05, 4.69) is 15.1 Å². The van der Waals surface area contributed by atoms with E-state index in [-0.39, 0.29) is 0 Å². The fourth-order valence-electron chi connectivity index (χ4n) is 1.62. The van der Waals surface area contributed by atoms with Crippen molar-refractivity contribution in [3.8, 4) is 0 Å². The van der Waals surface area contributed by atoms with Crippen molar-refractivity contribution in [2.75, 3.05) is 18.0 Å². The summed E-state index contributed by atoms with van der Waals surface area (Å²) in [7, 11) is 0. The number of anilines is 1. The number of hydrogen-bond donors (Lipinski definition) is 0. The van der Waals surface area contributed by atoms with Crippen molar-refractivity contribution in [2.24, 2.45) is 0 Å². The summed E-state index contributed by atoms with van der Waals surface area (Å²) in [5.41, 5.74) is 1.21. The van der Waals surface area contributed by atoms with Crippen molar-refractivity contribution in [3.05, 3.63) is 18.5 Å². The lowest BCUT2D eigenvalue weighted by molar-refractivity contribution is 0.577. The molecule has 2 heterocycles. The van der Waals surface area contributed by atoms with Crippen molar-refractivity contribution in [1.82, 2.24) is 10.2 Å². The Kier molecular flexibility index (Phi) is 2.21. The highest BCUT2D eigenvalue weighted by Gasteiger charge is 2.09. The number of piperidine rings is 1. The minimum Gasteiger partial charge on any atom is -0.370 e. The first-order valence-electron chi connectivity index (χ1n) is 4.48. The normalized spacial score (nSPS) is 17.8. The highest BCUT2D eigenvalue weighted by molar-refractivity contribution is 5.42. The molecule has 1 saturated heterocycles. The van der Waals surface area contributed by atoms with Crippen LogP contribution in [0.3, 0.4) is 0 Å². The van der Waals surface area contributed by atoms with Gasteiger partial charge in [0.25, 0.3) is 0 Å². The molecular formula is C9H13N3. The van der Waals surface area contributed by atoms with Gasteiger partial charge in [0.2, 0.25) is 0 Å². The molecular weight excluding hydrogens is 150 g/mol.